The summed E-state index contributed by atoms with van der Waals surface area (Å²) in [6.45, 7) is 3.42. The molecule has 1 aromatic heterocycles. The number of aromatic hydroxyl groups is 1. The van der Waals surface area contributed by atoms with E-state index >= 15 is 0 Å². The summed E-state index contributed by atoms with van der Waals surface area (Å²) in [5.41, 5.74) is -2.37. The minimum atomic E-state index is -1.02. The van der Waals surface area contributed by atoms with Gasteiger partial charge in [-0.1, -0.05) is 6.07 Å². The molecule has 1 aromatic carbocycles. The number of aromatic nitrogens is 1. The Morgan fingerprint density at radius 2 is 2.03 bits per heavy atom. The smallest absolute Gasteiger partial charge is 0.274 e. The highest BCUT2D eigenvalue weighted by molar-refractivity contribution is 5.99. The van der Waals surface area contributed by atoms with Gasteiger partial charge in [0.25, 0.3) is 11.8 Å². The van der Waals surface area contributed by atoms with Crippen LogP contribution in [0.3, 0.4) is 0 Å². The number of hydrogen-bond acceptors (Lipinski definition) is 5. The van der Waals surface area contributed by atoms with Gasteiger partial charge in [0.2, 0.25) is 5.43 Å². The van der Waals surface area contributed by atoms with Crippen LogP contribution >= 0.6 is 0 Å². The Labute approximate surface area is 182 Å². The highest BCUT2D eigenvalue weighted by Crippen LogP contribution is 2.53. The van der Waals surface area contributed by atoms with E-state index in [0.717, 1.165) is 6.07 Å². The lowest BCUT2D eigenvalue weighted by atomic mass is 10.0. The van der Waals surface area contributed by atoms with Crippen molar-refractivity contribution in [3.05, 3.63) is 63.1 Å². The molecule has 8 nitrogen and oxygen atoms in total. The van der Waals surface area contributed by atoms with Gasteiger partial charge in [-0.2, -0.15) is 0 Å². The number of fused-ring (bicyclic) bond motifs is 2. The van der Waals surface area contributed by atoms with E-state index in [1.165, 1.54) is 21.7 Å². The van der Waals surface area contributed by atoms with Gasteiger partial charge in [0, 0.05) is 49.5 Å². The molecule has 0 bridgehead atoms. The normalized spacial score (nSPS) is 21.8. The molecular formula is C22H23F2N3O5. The summed E-state index contributed by atoms with van der Waals surface area (Å²) < 4.78 is 28.3. The fourth-order valence-corrected chi connectivity index (χ4v) is 4.34. The number of carbonyl (C=O) groups is 2. The second kappa shape index (κ2) is 7.70. The maximum absolute atomic E-state index is 13.8. The molecule has 2 amide bonds. The lowest BCUT2D eigenvalue weighted by Crippen LogP contribution is -2.52. The molecule has 4 rings (SSSR count). The summed E-state index contributed by atoms with van der Waals surface area (Å²) >= 11 is 0. The molecule has 0 radical (unpaired) electrons. The molecular weight excluding hydrogens is 424 g/mol. The van der Waals surface area contributed by atoms with Gasteiger partial charge in [-0.3, -0.25) is 14.4 Å². The van der Waals surface area contributed by atoms with E-state index in [9.17, 15) is 33.4 Å². The molecule has 1 spiro atoms. The Morgan fingerprint density at radius 3 is 2.62 bits per heavy atom. The average Bonchev–Trinajstić information content (AvgIpc) is 3.45. The van der Waals surface area contributed by atoms with Gasteiger partial charge in [0.05, 0.1) is 5.54 Å². The topological polar surface area (TPSA) is 112 Å². The third-order valence-electron chi connectivity index (χ3n) is 6.31. The molecule has 2 atom stereocenters. The quantitative estimate of drug-likeness (QED) is 0.641. The number of benzene rings is 1. The molecule has 2 aliphatic rings. The molecule has 0 saturated heterocycles. The van der Waals surface area contributed by atoms with Crippen LogP contribution in [-0.4, -0.2) is 50.7 Å². The van der Waals surface area contributed by atoms with Crippen molar-refractivity contribution in [2.24, 2.45) is 5.92 Å². The van der Waals surface area contributed by atoms with E-state index in [0.29, 0.717) is 12.5 Å². The van der Waals surface area contributed by atoms with Crippen molar-refractivity contribution in [2.75, 3.05) is 13.2 Å². The van der Waals surface area contributed by atoms with Gasteiger partial charge in [-0.15, -0.1) is 0 Å². The van der Waals surface area contributed by atoms with Gasteiger partial charge in [0.15, 0.2) is 11.4 Å². The first-order chi connectivity index (χ1) is 15.1. The van der Waals surface area contributed by atoms with E-state index in [1.54, 1.807) is 0 Å². The van der Waals surface area contributed by atoms with Crippen LogP contribution in [0.5, 0.6) is 5.75 Å². The van der Waals surface area contributed by atoms with Crippen LogP contribution in [0.15, 0.2) is 29.2 Å². The Kier molecular flexibility index (Phi) is 5.28. The van der Waals surface area contributed by atoms with Crippen molar-refractivity contribution in [3.63, 3.8) is 0 Å². The fourth-order valence-electron chi connectivity index (χ4n) is 4.34. The zero-order valence-electron chi connectivity index (χ0n) is 17.6. The number of rotatable bonds is 5. The number of nitrogens with one attached hydrogen (secondary N) is 1. The van der Waals surface area contributed by atoms with Crippen molar-refractivity contribution in [3.8, 4) is 5.75 Å². The average molecular weight is 447 g/mol. The monoisotopic (exact) mass is 447 g/mol. The summed E-state index contributed by atoms with van der Waals surface area (Å²) in [5.74, 6) is -4.07. The SMILES string of the molecule is CC(C)N1C[C@@]2(C[C@@H]2CO)n2cc(C(=O)NCc3ccc(F)cc3F)c(=O)c(O)c2C1=O. The second-order valence-corrected chi connectivity index (χ2v) is 8.57. The Morgan fingerprint density at radius 1 is 1.31 bits per heavy atom. The van der Waals surface area contributed by atoms with Crippen LogP contribution in [0.1, 0.15) is 46.7 Å². The van der Waals surface area contributed by atoms with Crippen molar-refractivity contribution < 1.29 is 28.6 Å². The molecule has 3 N–H and O–H groups in total. The van der Waals surface area contributed by atoms with Crippen molar-refractivity contribution in [1.29, 1.82) is 0 Å². The standard InChI is InChI=1S/C22H23F2N3O5/c1-11(2)26-10-22(6-13(22)9-28)27-8-15(18(29)19(30)17(27)21(26)32)20(31)25-7-12-3-4-14(23)5-16(12)24/h3-5,8,11,13,28,30H,6-7,9-10H2,1-2H3,(H,25,31)/t13-,22-/m1/s1. The molecule has 0 unspecified atom stereocenters. The van der Waals surface area contributed by atoms with Crippen LogP contribution < -0.4 is 10.7 Å². The fraction of sp³-hybridized carbons (Fsp3) is 0.409. The molecule has 1 fully saturated rings. The third kappa shape index (κ3) is 3.35. The summed E-state index contributed by atoms with van der Waals surface area (Å²) in [7, 11) is 0. The van der Waals surface area contributed by atoms with Crippen molar-refractivity contribution in [1.82, 2.24) is 14.8 Å². The molecule has 1 aliphatic carbocycles. The molecule has 1 saturated carbocycles. The number of nitrogens with zero attached hydrogens (tertiary/aromatic N) is 2. The summed E-state index contributed by atoms with van der Waals surface area (Å²) in [6.07, 6.45) is 1.73. The van der Waals surface area contributed by atoms with Gasteiger partial charge in [-0.05, 0) is 26.3 Å². The number of aliphatic hydroxyl groups is 1. The number of halogens is 2. The lowest BCUT2D eigenvalue weighted by Gasteiger charge is -2.39. The number of carbonyl (C=O) groups excluding carboxylic acids is 2. The zero-order valence-corrected chi connectivity index (χ0v) is 17.6. The van der Waals surface area contributed by atoms with Crippen LogP contribution in [-0.2, 0) is 12.1 Å². The van der Waals surface area contributed by atoms with Crippen LogP contribution in [0.25, 0.3) is 0 Å². The highest BCUT2D eigenvalue weighted by atomic mass is 19.1. The van der Waals surface area contributed by atoms with E-state index in [-0.39, 0.29) is 42.9 Å². The Hall–Kier alpha value is -3.27. The van der Waals surface area contributed by atoms with Gasteiger partial charge in [-0.25, -0.2) is 8.78 Å². The minimum absolute atomic E-state index is 0.0174. The lowest BCUT2D eigenvalue weighted by molar-refractivity contribution is 0.0551. The number of aliphatic hydroxyl groups excluding tert-OH is 1. The predicted octanol–water partition coefficient (Wildman–Crippen LogP) is 1.33. The van der Waals surface area contributed by atoms with E-state index < -0.39 is 45.7 Å². The summed E-state index contributed by atoms with van der Waals surface area (Å²) in [5, 5.41) is 22.7. The molecule has 32 heavy (non-hydrogen) atoms. The maximum Gasteiger partial charge on any atom is 0.274 e. The van der Waals surface area contributed by atoms with Crippen molar-refractivity contribution in [2.45, 2.75) is 38.4 Å². The second-order valence-electron chi connectivity index (χ2n) is 8.57. The molecule has 1 aliphatic heterocycles. The maximum atomic E-state index is 13.8. The largest absolute Gasteiger partial charge is 0.503 e. The van der Waals surface area contributed by atoms with E-state index in [2.05, 4.69) is 5.32 Å². The summed E-state index contributed by atoms with van der Waals surface area (Å²) in [6, 6.07) is 2.70. The van der Waals surface area contributed by atoms with E-state index in [1.807, 2.05) is 13.8 Å². The first-order valence-corrected chi connectivity index (χ1v) is 10.2. The van der Waals surface area contributed by atoms with Crippen molar-refractivity contribution >= 4 is 11.8 Å². The van der Waals surface area contributed by atoms with E-state index in [4.69, 9.17) is 0 Å². The first-order valence-electron chi connectivity index (χ1n) is 10.2. The minimum Gasteiger partial charge on any atom is -0.503 e. The van der Waals surface area contributed by atoms with Crippen LogP contribution in [0, 0.1) is 17.6 Å². The Balaban J connectivity index is 1.72. The Bertz CT molecular complexity index is 1180. The zero-order chi connectivity index (χ0) is 23.4. The molecule has 2 aromatic rings. The van der Waals surface area contributed by atoms with Gasteiger partial charge < -0.3 is 25.0 Å². The van der Waals surface area contributed by atoms with Gasteiger partial charge >= 0.3 is 0 Å². The highest BCUT2D eigenvalue weighted by Gasteiger charge is 2.60. The third-order valence-corrected chi connectivity index (χ3v) is 6.31. The van der Waals surface area contributed by atoms with Crippen LogP contribution in [0.4, 0.5) is 8.78 Å². The van der Waals surface area contributed by atoms with Gasteiger partial charge in [0.1, 0.15) is 17.2 Å². The number of pyridine rings is 1. The molecule has 2 heterocycles. The number of hydrogen-bond donors (Lipinski definition) is 3. The number of amides is 2. The first kappa shape index (κ1) is 21.9. The molecule has 10 heteroatoms. The molecule has 170 valence electrons. The predicted molar refractivity (Wildman–Crippen MR) is 109 cm³/mol. The van der Waals surface area contributed by atoms with Crippen LogP contribution in [0.2, 0.25) is 0 Å². The summed E-state index contributed by atoms with van der Waals surface area (Å²) in [4.78, 5) is 40.0.